The van der Waals surface area contributed by atoms with E-state index in [-0.39, 0.29) is 0 Å². The first-order chi connectivity index (χ1) is 11.6. The summed E-state index contributed by atoms with van der Waals surface area (Å²) in [4.78, 5) is 13.6. The molecule has 0 aliphatic rings. The quantitative estimate of drug-likeness (QED) is 0.532. The SMILES string of the molecule is Cc1nsnc1-c1nc(-c2nsnc2C)nc(-c2nsnc2C)n1. The van der Waals surface area contributed by atoms with Crippen LogP contribution >= 0.6 is 35.2 Å². The summed E-state index contributed by atoms with van der Waals surface area (Å²) < 4.78 is 25.4. The number of aryl methyl sites for hydroxylation is 3. The maximum atomic E-state index is 4.52. The van der Waals surface area contributed by atoms with Gasteiger partial charge in [0.2, 0.25) is 0 Å². The molecule has 0 aromatic carbocycles. The van der Waals surface area contributed by atoms with Crippen molar-refractivity contribution in [3.05, 3.63) is 17.1 Å². The lowest BCUT2D eigenvalue weighted by Crippen LogP contribution is -2.02. The standard InChI is InChI=1S/C12H9N9S3/c1-4-7(19-22-16-4)10-13-11(8-5(2)17-23-20-8)15-12(14-10)9-6(3)18-24-21-9/h1-3H3. The van der Waals surface area contributed by atoms with Crippen molar-refractivity contribution in [2.45, 2.75) is 20.8 Å². The molecule has 0 saturated carbocycles. The smallest absolute Gasteiger partial charge is 0.185 e. The Morgan fingerprint density at radius 1 is 0.458 bits per heavy atom. The van der Waals surface area contributed by atoms with Gasteiger partial charge in [0.05, 0.1) is 52.3 Å². The third kappa shape index (κ3) is 2.57. The fraction of sp³-hybridized carbons (Fsp3) is 0.250. The summed E-state index contributed by atoms with van der Waals surface area (Å²) in [5.74, 6) is 1.34. The first-order valence-corrected chi connectivity index (χ1v) is 8.97. The van der Waals surface area contributed by atoms with Gasteiger partial charge in [-0.1, -0.05) is 0 Å². The highest BCUT2D eigenvalue weighted by atomic mass is 32.1. The summed E-state index contributed by atoms with van der Waals surface area (Å²) in [5.41, 5.74) is 4.20. The van der Waals surface area contributed by atoms with Gasteiger partial charge in [-0.25, -0.2) is 15.0 Å². The molecule has 0 saturated heterocycles. The summed E-state index contributed by atoms with van der Waals surface area (Å²) in [6.07, 6.45) is 0. The van der Waals surface area contributed by atoms with Crippen LogP contribution < -0.4 is 0 Å². The maximum Gasteiger partial charge on any atom is 0.185 e. The van der Waals surface area contributed by atoms with Crippen LogP contribution in [0.4, 0.5) is 0 Å². The highest BCUT2D eigenvalue weighted by Gasteiger charge is 2.20. The molecule has 4 aromatic rings. The van der Waals surface area contributed by atoms with Gasteiger partial charge in [-0.15, -0.1) is 0 Å². The zero-order valence-electron chi connectivity index (χ0n) is 12.7. The summed E-state index contributed by atoms with van der Waals surface area (Å²) >= 11 is 3.37. The van der Waals surface area contributed by atoms with Crippen molar-refractivity contribution in [2.24, 2.45) is 0 Å². The summed E-state index contributed by atoms with van der Waals surface area (Å²) in [6, 6.07) is 0. The Morgan fingerprint density at radius 3 is 0.958 bits per heavy atom. The molecule has 0 bridgehead atoms. The average Bonchev–Trinajstić information content (AvgIpc) is 3.28. The van der Waals surface area contributed by atoms with E-state index in [0.29, 0.717) is 34.6 Å². The molecule has 4 aromatic heterocycles. The predicted octanol–water partition coefficient (Wildman–Crippen LogP) is 2.35. The molecule has 0 atom stereocenters. The van der Waals surface area contributed by atoms with Crippen molar-refractivity contribution in [2.75, 3.05) is 0 Å². The van der Waals surface area contributed by atoms with Crippen molar-refractivity contribution in [3.8, 4) is 34.6 Å². The molecule has 0 spiro atoms. The molecule has 120 valence electrons. The Morgan fingerprint density at radius 2 is 0.750 bits per heavy atom. The number of rotatable bonds is 3. The first kappa shape index (κ1) is 15.2. The lowest BCUT2D eigenvalue weighted by Gasteiger charge is -2.04. The molecule has 9 nitrogen and oxygen atoms in total. The molecule has 0 N–H and O–H groups in total. The minimum absolute atomic E-state index is 0.445. The Balaban J connectivity index is 1.97. The molecule has 0 fully saturated rings. The van der Waals surface area contributed by atoms with E-state index >= 15 is 0 Å². The minimum Gasteiger partial charge on any atom is -0.205 e. The van der Waals surface area contributed by atoms with Crippen molar-refractivity contribution in [1.29, 1.82) is 0 Å². The fourth-order valence-electron chi connectivity index (χ4n) is 2.00. The molecule has 0 aliphatic heterocycles. The van der Waals surface area contributed by atoms with Crippen molar-refractivity contribution in [3.63, 3.8) is 0 Å². The Hall–Kier alpha value is -2.31. The lowest BCUT2D eigenvalue weighted by molar-refractivity contribution is 1.04. The van der Waals surface area contributed by atoms with Crippen LogP contribution in [-0.2, 0) is 0 Å². The molecule has 0 amide bonds. The number of hydrogen-bond donors (Lipinski definition) is 0. The summed E-state index contributed by atoms with van der Waals surface area (Å²) in [5, 5.41) is 0. The second-order valence-corrected chi connectivity index (χ2v) is 6.49. The van der Waals surface area contributed by atoms with Gasteiger partial charge < -0.3 is 0 Å². The Bertz CT molecular complexity index is 877. The number of hydrogen-bond acceptors (Lipinski definition) is 12. The van der Waals surface area contributed by atoms with E-state index in [2.05, 4.69) is 41.2 Å². The van der Waals surface area contributed by atoms with Gasteiger partial charge in [-0.2, -0.15) is 26.2 Å². The second kappa shape index (κ2) is 5.96. The minimum atomic E-state index is 0.445. The third-order valence-electron chi connectivity index (χ3n) is 3.23. The van der Waals surface area contributed by atoms with E-state index in [4.69, 9.17) is 0 Å². The number of aromatic nitrogens is 9. The van der Waals surface area contributed by atoms with Gasteiger partial charge in [0.1, 0.15) is 17.1 Å². The molecule has 12 heteroatoms. The summed E-state index contributed by atoms with van der Waals surface area (Å²) in [6.45, 7) is 5.60. The summed E-state index contributed by atoms with van der Waals surface area (Å²) in [7, 11) is 0. The van der Waals surface area contributed by atoms with Crippen molar-refractivity contribution >= 4 is 35.2 Å². The van der Waals surface area contributed by atoms with Gasteiger partial charge >= 0.3 is 0 Å². The second-order valence-electron chi connectivity index (χ2n) is 4.90. The highest BCUT2D eigenvalue weighted by Crippen LogP contribution is 2.26. The highest BCUT2D eigenvalue weighted by molar-refractivity contribution is 6.99. The van der Waals surface area contributed by atoms with Crippen LogP contribution in [0.1, 0.15) is 17.1 Å². The van der Waals surface area contributed by atoms with Crippen LogP contribution in [0.5, 0.6) is 0 Å². The average molecular weight is 375 g/mol. The van der Waals surface area contributed by atoms with Gasteiger partial charge in [-0.05, 0) is 20.8 Å². The predicted molar refractivity (Wildman–Crippen MR) is 90.7 cm³/mol. The van der Waals surface area contributed by atoms with E-state index in [1.54, 1.807) is 0 Å². The third-order valence-corrected chi connectivity index (χ3v) is 5.09. The van der Waals surface area contributed by atoms with Crippen molar-refractivity contribution < 1.29 is 0 Å². The van der Waals surface area contributed by atoms with Crippen molar-refractivity contribution in [1.82, 2.24) is 41.2 Å². The molecule has 4 rings (SSSR count). The monoisotopic (exact) mass is 375 g/mol. The van der Waals surface area contributed by atoms with E-state index in [1.165, 1.54) is 0 Å². The van der Waals surface area contributed by atoms with Gasteiger partial charge in [0.15, 0.2) is 17.5 Å². The molecule has 0 aliphatic carbocycles. The van der Waals surface area contributed by atoms with E-state index in [1.807, 2.05) is 20.8 Å². The van der Waals surface area contributed by atoms with Crippen LogP contribution in [0.2, 0.25) is 0 Å². The van der Waals surface area contributed by atoms with Gasteiger partial charge in [0, 0.05) is 0 Å². The largest absolute Gasteiger partial charge is 0.205 e. The molecular formula is C12H9N9S3. The Labute approximate surface area is 148 Å². The lowest BCUT2D eigenvalue weighted by atomic mass is 10.2. The van der Waals surface area contributed by atoms with Crippen LogP contribution in [0.25, 0.3) is 34.6 Å². The molecule has 24 heavy (non-hydrogen) atoms. The van der Waals surface area contributed by atoms with Crippen LogP contribution in [-0.4, -0.2) is 41.2 Å². The Kier molecular flexibility index (Phi) is 3.78. The first-order valence-electron chi connectivity index (χ1n) is 6.78. The van der Waals surface area contributed by atoms with Gasteiger partial charge in [-0.3, -0.25) is 0 Å². The van der Waals surface area contributed by atoms with Crippen LogP contribution in [0, 0.1) is 20.8 Å². The van der Waals surface area contributed by atoms with E-state index < -0.39 is 0 Å². The topological polar surface area (TPSA) is 116 Å². The molecular weight excluding hydrogens is 366 g/mol. The van der Waals surface area contributed by atoms with E-state index in [9.17, 15) is 0 Å². The number of nitrogens with zero attached hydrogens (tertiary/aromatic N) is 9. The fourth-order valence-corrected chi connectivity index (χ4v) is 3.63. The zero-order valence-corrected chi connectivity index (χ0v) is 15.2. The molecule has 4 heterocycles. The van der Waals surface area contributed by atoms with Gasteiger partial charge in [0.25, 0.3) is 0 Å². The molecule has 0 radical (unpaired) electrons. The normalized spacial score (nSPS) is 11.1. The van der Waals surface area contributed by atoms with E-state index in [0.717, 1.165) is 52.3 Å². The zero-order chi connectivity index (χ0) is 16.7. The molecule has 0 unspecified atom stereocenters. The maximum absolute atomic E-state index is 4.52. The van der Waals surface area contributed by atoms with Crippen LogP contribution in [0.15, 0.2) is 0 Å². The van der Waals surface area contributed by atoms with Crippen LogP contribution in [0.3, 0.4) is 0 Å².